The van der Waals surface area contributed by atoms with E-state index in [1.807, 2.05) is 35.2 Å². The second-order valence-electron chi connectivity index (χ2n) is 9.58. The van der Waals surface area contributed by atoms with Crippen LogP contribution in [0.2, 0.25) is 0 Å². The molecule has 0 aromatic carbocycles. The molecule has 1 N–H and O–H groups in total. The number of hydrogen-bond donors (Lipinski definition) is 1. The van der Waals surface area contributed by atoms with Gasteiger partial charge >= 0.3 is 0 Å². The molecule has 0 radical (unpaired) electrons. The van der Waals surface area contributed by atoms with Gasteiger partial charge in [0.2, 0.25) is 5.95 Å². The molecule has 4 aromatic heterocycles. The summed E-state index contributed by atoms with van der Waals surface area (Å²) in [4.78, 5) is 20.2. The van der Waals surface area contributed by atoms with E-state index >= 15 is 0 Å². The number of likely N-dealkylation sites (tertiary alicyclic amines) is 1. The summed E-state index contributed by atoms with van der Waals surface area (Å²) in [6.07, 6.45) is 11.4. The average molecular weight is 415 g/mol. The molecule has 6 rings (SSSR count). The minimum absolute atomic E-state index is 0.469. The van der Waals surface area contributed by atoms with Crippen LogP contribution in [-0.2, 0) is 0 Å². The summed E-state index contributed by atoms with van der Waals surface area (Å²) in [6, 6.07) is 4.52. The highest BCUT2D eigenvalue weighted by atomic mass is 15.3. The Bertz CT molecular complexity index is 1250. The standard InChI is InChI=1S/C23H26N8/c1-15(2)12-30-13-23(14-30)8-17(9-23)28-22-27-11-20-18(3-6-31(20)29-22)16-7-19-21(26-10-16)25-5-4-24-19/h3-7,10-11,15,17H,8-9,12-14H2,1-2H3,(H,28,29). The molecule has 0 amide bonds. The molecular weight excluding hydrogens is 388 g/mol. The molecule has 1 aliphatic carbocycles. The van der Waals surface area contributed by atoms with Crippen molar-refractivity contribution in [1.82, 2.24) is 34.4 Å². The summed E-state index contributed by atoms with van der Waals surface area (Å²) < 4.78 is 1.88. The SMILES string of the molecule is CC(C)CN1CC2(CC(Nc3ncc4c(-c5cnc6nccnc6c5)ccn4n3)C2)C1. The number of pyridine rings is 1. The van der Waals surface area contributed by atoms with Gasteiger partial charge in [-0.2, -0.15) is 0 Å². The van der Waals surface area contributed by atoms with Gasteiger partial charge in [0.25, 0.3) is 0 Å². The smallest absolute Gasteiger partial charge is 0.241 e. The third kappa shape index (κ3) is 3.31. The van der Waals surface area contributed by atoms with Gasteiger partial charge in [-0.25, -0.2) is 19.5 Å². The van der Waals surface area contributed by atoms with Crippen molar-refractivity contribution in [3.8, 4) is 11.1 Å². The van der Waals surface area contributed by atoms with Gasteiger partial charge in [0.1, 0.15) is 5.52 Å². The summed E-state index contributed by atoms with van der Waals surface area (Å²) >= 11 is 0. The van der Waals surface area contributed by atoms with Gasteiger partial charge in [-0.3, -0.25) is 4.98 Å². The van der Waals surface area contributed by atoms with Crippen LogP contribution in [0.4, 0.5) is 5.95 Å². The Morgan fingerprint density at radius 1 is 1.10 bits per heavy atom. The molecule has 158 valence electrons. The molecule has 4 aromatic rings. The van der Waals surface area contributed by atoms with Crippen LogP contribution in [0.25, 0.3) is 27.8 Å². The Morgan fingerprint density at radius 2 is 1.94 bits per heavy atom. The Balaban J connectivity index is 1.15. The fraction of sp³-hybridized carbons (Fsp3) is 0.435. The molecule has 8 nitrogen and oxygen atoms in total. The van der Waals surface area contributed by atoms with Crippen LogP contribution in [0.15, 0.2) is 43.1 Å². The van der Waals surface area contributed by atoms with Gasteiger partial charge in [0.05, 0.1) is 11.7 Å². The number of anilines is 1. The van der Waals surface area contributed by atoms with E-state index in [1.165, 1.54) is 32.5 Å². The lowest BCUT2D eigenvalue weighted by Crippen LogP contribution is -2.65. The lowest BCUT2D eigenvalue weighted by atomic mass is 9.60. The van der Waals surface area contributed by atoms with E-state index in [0.29, 0.717) is 23.1 Å². The third-order valence-corrected chi connectivity index (χ3v) is 6.49. The first-order valence-electron chi connectivity index (χ1n) is 11.0. The highest BCUT2D eigenvalue weighted by Crippen LogP contribution is 2.49. The van der Waals surface area contributed by atoms with Gasteiger partial charge in [0.15, 0.2) is 5.65 Å². The Kier molecular flexibility index (Phi) is 4.17. The van der Waals surface area contributed by atoms with Crippen molar-refractivity contribution < 1.29 is 0 Å². The van der Waals surface area contributed by atoms with E-state index in [4.69, 9.17) is 0 Å². The van der Waals surface area contributed by atoms with Crippen LogP contribution in [-0.4, -0.2) is 60.1 Å². The van der Waals surface area contributed by atoms with Crippen LogP contribution >= 0.6 is 0 Å². The molecule has 1 saturated carbocycles. The molecule has 1 saturated heterocycles. The second kappa shape index (κ2) is 6.95. The second-order valence-corrected chi connectivity index (χ2v) is 9.58. The maximum Gasteiger partial charge on any atom is 0.241 e. The fourth-order valence-corrected chi connectivity index (χ4v) is 5.29. The largest absolute Gasteiger partial charge is 0.350 e. The van der Waals surface area contributed by atoms with Gasteiger partial charge in [-0.05, 0) is 36.3 Å². The van der Waals surface area contributed by atoms with Crippen LogP contribution in [0.1, 0.15) is 26.7 Å². The van der Waals surface area contributed by atoms with Crippen molar-refractivity contribution in [2.75, 3.05) is 25.0 Å². The fourth-order valence-electron chi connectivity index (χ4n) is 5.29. The van der Waals surface area contributed by atoms with E-state index in [9.17, 15) is 0 Å². The molecule has 0 atom stereocenters. The van der Waals surface area contributed by atoms with Crippen molar-refractivity contribution in [2.24, 2.45) is 11.3 Å². The first-order valence-corrected chi connectivity index (χ1v) is 11.0. The zero-order valence-corrected chi connectivity index (χ0v) is 17.9. The Morgan fingerprint density at radius 3 is 2.77 bits per heavy atom. The molecular formula is C23H26N8. The van der Waals surface area contributed by atoms with Crippen molar-refractivity contribution >= 4 is 22.6 Å². The van der Waals surface area contributed by atoms with Gasteiger partial charge in [-0.1, -0.05) is 13.8 Å². The van der Waals surface area contributed by atoms with E-state index in [-0.39, 0.29) is 0 Å². The molecule has 2 fully saturated rings. The summed E-state index contributed by atoms with van der Waals surface area (Å²) in [5.74, 6) is 1.44. The van der Waals surface area contributed by atoms with Crippen molar-refractivity contribution in [3.63, 3.8) is 0 Å². The average Bonchev–Trinajstić information content (AvgIpc) is 3.13. The number of aromatic nitrogens is 6. The number of rotatable bonds is 5. The van der Waals surface area contributed by atoms with E-state index in [0.717, 1.165) is 28.1 Å². The van der Waals surface area contributed by atoms with Crippen LogP contribution < -0.4 is 5.32 Å². The first kappa shape index (κ1) is 18.6. The minimum atomic E-state index is 0.469. The van der Waals surface area contributed by atoms with Crippen LogP contribution in [0.3, 0.4) is 0 Å². The maximum absolute atomic E-state index is 4.69. The molecule has 5 heterocycles. The summed E-state index contributed by atoms with van der Waals surface area (Å²) in [5.41, 5.74) is 4.92. The molecule has 0 bridgehead atoms. The van der Waals surface area contributed by atoms with Crippen LogP contribution in [0, 0.1) is 11.3 Å². The quantitative estimate of drug-likeness (QED) is 0.536. The Hall–Kier alpha value is -3.13. The van der Waals surface area contributed by atoms with Crippen molar-refractivity contribution in [2.45, 2.75) is 32.7 Å². The van der Waals surface area contributed by atoms with Crippen LogP contribution in [0.5, 0.6) is 0 Å². The van der Waals surface area contributed by atoms with Gasteiger partial charge < -0.3 is 10.2 Å². The third-order valence-electron chi connectivity index (χ3n) is 6.49. The lowest BCUT2D eigenvalue weighted by molar-refractivity contribution is -0.0711. The van der Waals surface area contributed by atoms with Gasteiger partial charge in [-0.15, -0.1) is 5.10 Å². The van der Waals surface area contributed by atoms with Crippen molar-refractivity contribution in [1.29, 1.82) is 0 Å². The zero-order valence-electron chi connectivity index (χ0n) is 17.9. The zero-order chi connectivity index (χ0) is 21.0. The number of fused-ring (bicyclic) bond motifs is 2. The van der Waals surface area contributed by atoms with Gasteiger partial charge in [0, 0.05) is 61.6 Å². The molecule has 1 aliphatic heterocycles. The summed E-state index contributed by atoms with van der Waals surface area (Å²) in [6.45, 7) is 8.29. The minimum Gasteiger partial charge on any atom is -0.350 e. The predicted octanol–water partition coefficient (Wildman–Crippen LogP) is 3.27. The predicted molar refractivity (Wildman–Crippen MR) is 120 cm³/mol. The number of nitrogens with zero attached hydrogens (tertiary/aromatic N) is 7. The topological polar surface area (TPSA) is 84.1 Å². The normalized spacial score (nSPS) is 18.5. The van der Waals surface area contributed by atoms with E-state index in [1.54, 1.807) is 12.4 Å². The summed E-state index contributed by atoms with van der Waals surface area (Å²) in [7, 11) is 0. The molecule has 2 aliphatic rings. The molecule has 8 heteroatoms. The Labute approximate surface area is 180 Å². The number of nitrogens with one attached hydrogen (secondary N) is 1. The van der Waals surface area contributed by atoms with E-state index < -0.39 is 0 Å². The van der Waals surface area contributed by atoms with Crippen molar-refractivity contribution in [3.05, 3.63) is 43.1 Å². The first-order chi connectivity index (χ1) is 15.1. The molecule has 31 heavy (non-hydrogen) atoms. The monoisotopic (exact) mass is 414 g/mol. The maximum atomic E-state index is 4.69. The molecule has 1 spiro atoms. The highest BCUT2D eigenvalue weighted by molar-refractivity contribution is 5.84. The molecule has 0 unspecified atom stereocenters. The number of hydrogen-bond acceptors (Lipinski definition) is 7. The summed E-state index contributed by atoms with van der Waals surface area (Å²) in [5, 5.41) is 8.22. The highest BCUT2D eigenvalue weighted by Gasteiger charge is 2.52. The lowest BCUT2D eigenvalue weighted by Gasteiger charge is -2.59. The van der Waals surface area contributed by atoms with E-state index in [2.05, 4.69) is 49.1 Å².